The highest BCUT2D eigenvalue weighted by atomic mass is 32.2. The van der Waals surface area contributed by atoms with Crippen LogP contribution in [0.15, 0.2) is 126 Å². The summed E-state index contributed by atoms with van der Waals surface area (Å²) in [7, 11) is -4.10. The highest BCUT2D eigenvalue weighted by Gasteiger charge is 2.34. The maximum atomic E-state index is 14.3. The molecule has 0 fully saturated rings. The first-order valence-electron chi connectivity index (χ1n) is 14.1. The lowest BCUT2D eigenvalue weighted by molar-refractivity contribution is -0.140. The summed E-state index contributed by atoms with van der Waals surface area (Å²) in [6.45, 7) is 3.57. The van der Waals surface area contributed by atoms with Crippen molar-refractivity contribution in [3.63, 3.8) is 0 Å². The number of anilines is 1. The van der Waals surface area contributed by atoms with Crippen molar-refractivity contribution in [3.8, 4) is 0 Å². The first-order chi connectivity index (χ1) is 20.3. The summed E-state index contributed by atoms with van der Waals surface area (Å²) in [5.41, 5.74) is 2.08. The summed E-state index contributed by atoms with van der Waals surface area (Å²) in [6, 6.07) is 34.6. The van der Waals surface area contributed by atoms with Crippen molar-refractivity contribution in [3.05, 3.63) is 132 Å². The second-order valence-corrected chi connectivity index (χ2v) is 12.1. The van der Waals surface area contributed by atoms with Crippen LogP contribution in [0.25, 0.3) is 0 Å². The smallest absolute Gasteiger partial charge is 0.264 e. The molecule has 4 aromatic rings. The summed E-state index contributed by atoms with van der Waals surface area (Å²) < 4.78 is 28.9. The summed E-state index contributed by atoms with van der Waals surface area (Å²) >= 11 is 0. The highest BCUT2D eigenvalue weighted by Crippen LogP contribution is 2.25. The molecule has 0 saturated heterocycles. The number of carbonyl (C=O) groups excluding carboxylic acids is 2. The number of nitrogens with one attached hydrogen (secondary N) is 1. The molecular weight excluding hydrogens is 546 g/mol. The lowest BCUT2D eigenvalue weighted by atomic mass is 10.0. The Labute approximate surface area is 248 Å². The van der Waals surface area contributed by atoms with Crippen LogP contribution < -0.4 is 9.62 Å². The van der Waals surface area contributed by atoms with Gasteiger partial charge in [-0.25, -0.2) is 8.42 Å². The number of hydrogen-bond donors (Lipinski definition) is 1. The number of benzene rings is 4. The lowest BCUT2D eigenvalue weighted by Crippen LogP contribution is -2.54. The number of para-hydroxylation sites is 1. The van der Waals surface area contributed by atoms with E-state index in [9.17, 15) is 18.0 Å². The Morgan fingerprint density at radius 2 is 1.24 bits per heavy atom. The molecular formula is C34H37N3O4S. The number of rotatable bonds is 13. The van der Waals surface area contributed by atoms with Crippen LogP contribution in [0.3, 0.4) is 0 Å². The van der Waals surface area contributed by atoms with E-state index < -0.39 is 28.5 Å². The fraction of sp³-hybridized carbons (Fsp3) is 0.235. The van der Waals surface area contributed by atoms with Crippen LogP contribution in [0.4, 0.5) is 5.69 Å². The third-order valence-electron chi connectivity index (χ3n) is 7.12. The molecule has 4 rings (SSSR count). The van der Waals surface area contributed by atoms with Crippen LogP contribution in [0.2, 0.25) is 0 Å². The van der Waals surface area contributed by atoms with Gasteiger partial charge in [-0.1, -0.05) is 104 Å². The normalized spacial score (nSPS) is 12.6. The fourth-order valence-electron chi connectivity index (χ4n) is 4.62. The zero-order chi connectivity index (χ0) is 30.0. The molecule has 0 aliphatic heterocycles. The van der Waals surface area contributed by atoms with Crippen molar-refractivity contribution in [2.75, 3.05) is 10.8 Å². The molecule has 42 heavy (non-hydrogen) atoms. The molecule has 0 saturated carbocycles. The SMILES string of the molecule is CC[C@@H](C)NC(=O)[C@@H](Cc1ccccc1)N(Cc1ccccc1)C(=O)CN(c1ccccc1)S(=O)(=O)c1ccccc1. The van der Waals surface area contributed by atoms with E-state index in [0.29, 0.717) is 5.69 Å². The van der Waals surface area contributed by atoms with Gasteiger partial charge in [0.25, 0.3) is 10.0 Å². The zero-order valence-electron chi connectivity index (χ0n) is 24.0. The van der Waals surface area contributed by atoms with Crippen LogP contribution >= 0.6 is 0 Å². The molecule has 2 amide bonds. The molecule has 0 aromatic heterocycles. The summed E-state index contributed by atoms with van der Waals surface area (Å²) in [5.74, 6) is -0.767. The highest BCUT2D eigenvalue weighted by molar-refractivity contribution is 7.92. The second-order valence-electron chi connectivity index (χ2n) is 10.2. The molecule has 2 atom stereocenters. The largest absolute Gasteiger partial charge is 0.352 e. The summed E-state index contributed by atoms with van der Waals surface area (Å²) in [4.78, 5) is 29.7. The number of nitrogens with zero attached hydrogens (tertiary/aromatic N) is 2. The number of sulfonamides is 1. The molecule has 0 bridgehead atoms. The molecule has 0 aliphatic carbocycles. The van der Waals surface area contributed by atoms with E-state index in [1.165, 1.54) is 17.0 Å². The Morgan fingerprint density at radius 3 is 1.79 bits per heavy atom. The Bertz CT molecular complexity index is 1530. The first-order valence-corrected chi connectivity index (χ1v) is 15.5. The van der Waals surface area contributed by atoms with Gasteiger partial charge in [0.05, 0.1) is 10.6 Å². The molecule has 0 radical (unpaired) electrons. The van der Waals surface area contributed by atoms with Gasteiger partial charge < -0.3 is 10.2 Å². The topological polar surface area (TPSA) is 86.8 Å². The van der Waals surface area contributed by atoms with Crippen LogP contribution in [0, 0.1) is 0 Å². The van der Waals surface area contributed by atoms with Crippen LogP contribution in [0.5, 0.6) is 0 Å². The van der Waals surface area contributed by atoms with E-state index in [1.54, 1.807) is 48.5 Å². The van der Waals surface area contributed by atoms with Crippen molar-refractivity contribution >= 4 is 27.5 Å². The zero-order valence-corrected chi connectivity index (χ0v) is 24.8. The van der Waals surface area contributed by atoms with Gasteiger partial charge in [-0.05, 0) is 48.7 Å². The Hall–Kier alpha value is -4.43. The van der Waals surface area contributed by atoms with Crippen molar-refractivity contribution in [1.82, 2.24) is 10.2 Å². The molecule has 7 nitrogen and oxygen atoms in total. The molecule has 1 N–H and O–H groups in total. The van der Waals surface area contributed by atoms with Gasteiger partial charge in [0.2, 0.25) is 11.8 Å². The predicted octanol–water partition coefficient (Wildman–Crippen LogP) is 5.44. The number of amides is 2. The Balaban J connectivity index is 1.77. The monoisotopic (exact) mass is 583 g/mol. The molecule has 4 aromatic carbocycles. The van der Waals surface area contributed by atoms with E-state index in [2.05, 4.69) is 5.32 Å². The average molecular weight is 584 g/mol. The first kappa shape index (κ1) is 30.5. The Morgan fingerprint density at radius 1 is 0.738 bits per heavy atom. The molecule has 218 valence electrons. The van der Waals surface area contributed by atoms with Crippen molar-refractivity contribution in [2.45, 2.75) is 50.2 Å². The maximum Gasteiger partial charge on any atom is 0.264 e. The third kappa shape index (κ3) is 7.85. The van der Waals surface area contributed by atoms with E-state index in [1.807, 2.05) is 74.5 Å². The van der Waals surface area contributed by atoms with E-state index in [4.69, 9.17) is 0 Å². The van der Waals surface area contributed by atoms with Crippen molar-refractivity contribution in [1.29, 1.82) is 0 Å². The quantitative estimate of drug-likeness (QED) is 0.227. The summed E-state index contributed by atoms with van der Waals surface area (Å²) in [6.07, 6.45) is 1.01. The molecule has 0 spiro atoms. The fourth-order valence-corrected chi connectivity index (χ4v) is 6.05. The predicted molar refractivity (Wildman–Crippen MR) is 166 cm³/mol. The van der Waals surface area contributed by atoms with Gasteiger partial charge in [0.15, 0.2) is 0 Å². The average Bonchev–Trinajstić information content (AvgIpc) is 3.03. The van der Waals surface area contributed by atoms with Gasteiger partial charge in [-0.15, -0.1) is 0 Å². The van der Waals surface area contributed by atoms with E-state index >= 15 is 0 Å². The van der Waals surface area contributed by atoms with Gasteiger partial charge in [0, 0.05) is 19.0 Å². The number of carbonyl (C=O) groups is 2. The third-order valence-corrected chi connectivity index (χ3v) is 8.91. The van der Waals surface area contributed by atoms with Crippen LogP contribution in [-0.2, 0) is 32.6 Å². The molecule has 8 heteroatoms. The standard InChI is InChI=1S/C34H37N3O4S/c1-3-27(2)35-34(39)32(24-28-16-8-4-9-17-28)36(25-29-18-10-5-11-19-29)33(38)26-37(30-20-12-6-13-21-30)42(40,41)31-22-14-7-15-23-31/h4-23,27,32H,3,24-26H2,1-2H3,(H,35,39)/t27-,32-/m1/s1. The maximum absolute atomic E-state index is 14.3. The van der Waals surface area contributed by atoms with Crippen LogP contribution in [-0.4, -0.2) is 43.8 Å². The minimum Gasteiger partial charge on any atom is -0.352 e. The Kier molecular flexibility index (Phi) is 10.5. The second kappa shape index (κ2) is 14.5. The summed E-state index contributed by atoms with van der Waals surface area (Å²) in [5, 5.41) is 3.05. The van der Waals surface area contributed by atoms with Gasteiger partial charge in [-0.3, -0.25) is 13.9 Å². The van der Waals surface area contributed by atoms with Gasteiger partial charge in [0.1, 0.15) is 12.6 Å². The van der Waals surface area contributed by atoms with E-state index in [-0.39, 0.29) is 29.8 Å². The minimum atomic E-state index is -4.10. The molecule has 0 aliphatic rings. The minimum absolute atomic E-state index is 0.0756. The molecule has 0 unspecified atom stereocenters. The van der Waals surface area contributed by atoms with Crippen LogP contribution in [0.1, 0.15) is 31.4 Å². The lowest BCUT2D eigenvalue weighted by Gasteiger charge is -2.34. The van der Waals surface area contributed by atoms with Crippen molar-refractivity contribution < 1.29 is 18.0 Å². The molecule has 0 heterocycles. The van der Waals surface area contributed by atoms with Gasteiger partial charge >= 0.3 is 0 Å². The van der Waals surface area contributed by atoms with E-state index in [0.717, 1.165) is 21.9 Å². The number of hydrogen-bond acceptors (Lipinski definition) is 4. The van der Waals surface area contributed by atoms with Gasteiger partial charge in [-0.2, -0.15) is 0 Å². The van der Waals surface area contributed by atoms with Crippen molar-refractivity contribution in [2.24, 2.45) is 0 Å².